The van der Waals surface area contributed by atoms with Crippen LogP contribution in [0.4, 0.5) is 0 Å². The number of rotatable bonds is 3. The Morgan fingerprint density at radius 2 is 2.11 bits per heavy atom. The number of hydrogen-bond donors (Lipinski definition) is 1. The summed E-state index contributed by atoms with van der Waals surface area (Å²) >= 11 is 11.2. The van der Waals surface area contributed by atoms with Crippen LogP contribution in [0.5, 0.6) is 0 Å². The van der Waals surface area contributed by atoms with E-state index in [0.717, 1.165) is 25.5 Å². The van der Waals surface area contributed by atoms with Crippen molar-refractivity contribution in [3.63, 3.8) is 0 Å². The summed E-state index contributed by atoms with van der Waals surface area (Å²) < 4.78 is 7.02. The van der Waals surface area contributed by atoms with Gasteiger partial charge in [0.05, 0.1) is 3.79 Å². The second kappa shape index (κ2) is 5.29. The van der Waals surface area contributed by atoms with Gasteiger partial charge >= 0.3 is 0 Å². The molecule has 0 saturated carbocycles. The molecular formula is C14H11BrClNOS. The van der Waals surface area contributed by atoms with E-state index < -0.39 is 0 Å². The number of furan rings is 1. The second-order valence-electron chi connectivity index (χ2n) is 4.19. The molecule has 2 heterocycles. The van der Waals surface area contributed by atoms with Gasteiger partial charge in [-0.05, 0) is 59.4 Å². The molecule has 98 valence electrons. The number of benzene rings is 1. The van der Waals surface area contributed by atoms with E-state index in [1.807, 2.05) is 37.4 Å². The fourth-order valence-corrected chi connectivity index (χ4v) is 3.81. The molecule has 1 atom stereocenters. The minimum atomic E-state index is 0.0578. The topological polar surface area (TPSA) is 25.2 Å². The first-order valence-electron chi connectivity index (χ1n) is 5.79. The van der Waals surface area contributed by atoms with Crippen molar-refractivity contribution in [2.24, 2.45) is 0 Å². The minimum absolute atomic E-state index is 0.0578. The van der Waals surface area contributed by atoms with Gasteiger partial charge in [-0.2, -0.15) is 0 Å². The Hall–Kier alpha value is -0.810. The lowest BCUT2D eigenvalue weighted by Crippen LogP contribution is -2.15. The molecule has 0 radical (unpaired) electrons. The standard InChI is InChI=1S/C14H11BrClNOS/c1-17-14(12-4-5-13(15)19-12)11-7-8-6-9(16)2-3-10(8)18-11/h2-7,14,17H,1H3. The Morgan fingerprint density at radius 1 is 1.26 bits per heavy atom. The summed E-state index contributed by atoms with van der Waals surface area (Å²) in [6.45, 7) is 0. The van der Waals surface area contributed by atoms with Crippen molar-refractivity contribution in [1.29, 1.82) is 0 Å². The molecule has 0 fully saturated rings. The third-order valence-corrected chi connectivity index (χ3v) is 4.87. The first-order chi connectivity index (χ1) is 9.17. The minimum Gasteiger partial charge on any atom is -0.459 e. The number of nitrogens with one attached hydrogen (secondary N) is 1. The van der Waals surface area contributed by atoms with Crippen molar-refractivity contribution >= 4 is 49.8 Å². The molecule has 1 N–H and O–H groups in total. The third kappa shape index (κ3) is 2.58. The molecule has 0 aliphatic carbocycles. The molecule has 3 aromatic rings. The average molecular weight is 357 g/mol. The van der Waals surface area contributed by atoms with Crippen LogP contribution in [0, 0.1) is 0 Å². The van der Waals surface area contributed by atoms with Crippen LogP contribution in [0.15, 0.2) is 44.6 Å². The molecule has 0 aliphatic rings. The SMILES string of the molecule is CNC(c1cc2cc(Cl)ccc2o1)c1ccc(Br)s1. The van der Waals surface area contributed by atoms with Gasteiger partial charge in [-0.1, -0.05) is 11.6 Å². The van der Waals surface area contributed by atoms with Crippen LogP contribution in [0.2, 0.25) is 5.02 Å². The summed E-state index contributed by atoms with van der Waals surface area (Å²) in [4.78, 5) is 1.21. The van der Waals surface area contributed by atoms with Crippen LogP contribution in [-0.2, 0) is 0 Å². The largest absolute Gasteiger partial charge is 0.459 e. The number of thiophene rings is 1. The lowest BCUT2D eigenvalue weighted by molar-refractivity contribution is 0.495. The van der Waals surface area contributed by atoms with Crippen LogP contribution in [0.3, 0.4) is 0 Å². The molecule has 0 spiro atoms. The van der Waals surface area contributed by atoms with Crippen LogP contribution >= 0.6 is 38.9 Å². The Balaban J connectivity index is 2.06. The molecular weight excluding hydrogens is 346 g/mol. The monoisotopic (exact) mass is 355 g/mol. The number of fused-ring (bicyclic) bond motifs is 1. The van der Waals surface area contributed by atoms with E-state index in [2.05, 4.69) is 27.3 Å². The van der Waals surface area contributed by atoms with Gasteiger partial charge in [-0.15, -0.1) is 11.3 Å². The molecule has 1 unspecified atom stereocenters. The van der Waals surface area contributed by atoms with E-state index in [1.165, 1.54) is 4.88 Å². The van der Waals surface area contributed by atoms with Gasteiger partial charge in [0.1, 0.15) is 17.4 Å². The highest BCUT2D eigenvalue weighted by atomic mass is 79.9. The first kappa shape index (κ1) is 13.2. The molecule has 0 aliphatic heterocycles. The molecule has 5 heteroatoms. The van der Waals surface area contributed by atoms with E-state index in [-0.39, 0.29) is 6.04 Å². The van der Waals surface area contributed by atoms with Crippen molar-refractivity contribution in [2.75, 3.05) is 7.05 Å². The third-order valence-electron chi connectivity index (χ3n) is 2.95. The van der Waals surface area contributed by atoms with E-state index >= 15 is 0 Å². The quantitative estimate of drug-likeness (QED) is 0.696. The lowest BCUT2D eigenvalue weighted by atomic mass is 10.1. The number of halogens is 2. The molecule has 19 heavy (non-hydrogen) atoms. The highest BCUT2D eigenvalue weighted by Gasteiger charge is 2.18. The van der Waals surface area contributed by atoms with E-state index in [1.54, 1.807) is 11.3 Å². The summed E-state index contributed by atoms with van der Waals surface area (Å²) in [6.07, 6.45) is 0. The zero-order valence-corrected chi connectivity index (χ0v) is 13.3. The maximum atomic E-state index is 6.00. The van der Waals surface area contributed by atoms with Gasteiger partial charge in [0, 0.05) is 15.3 Å². The van der Waals surface area contributed by atoms with Gasteiger partial charge in [0.15, 0.2) is 0 Å². The van der Waals surface area contributed by atoms with Gasteiger partial charge < -0.3 is 9.73 Å². The van der Waals surface area contributed by atoms with Crippen molar-refractivity contribution in [1.82, 2.24) is 5.32 Å². The second-order valence-corrected chi connectivity index (χ2v) is 7.13. The van der Waals surface area contributed by atoms with E-state index in [9.17, 15) is 0 Å². The maximum absolute atomic E-state index is 6.00. The zero-order valence-electron chi connectivity index (χ0n) is 10.1. The Morgan fingerprint density at radius 3 is 2.79 bits per heavy atom. The summed E-state index contributed by atoms with van der Waals surface area (Å²) in [5.41, 5.74) is 0.857. The molecule has 0 bridgehead atoms. The normalized spacial score (nSPS) is 13.0. The highest BCUT2D eigenvalue weighted by Crippen LogP contribution is 2.34. The lowest BCUT2D eigenvalue weighted by Gasteiger charge is -2.10. The number of hydrogen-bond acceptors (Lipinski definition) is 3. The zero-order chi connectivity index (χ0) is 13.4. The predicted molar refractivity (Wildman–Crippen MR) is 84.1 cm³/mol. The van der Waals surface area contributed by atoms with Gasteiger partial charge in [0.25, 0.3) is 0 Å². The molecule has 0 saturated heterocycles. The summed E-state index contributed by atoms with van der Waals surface area (Å²) in [6, 6.07) is 11.9. The fraction of sp³-hybridized carbons (Fsp3) is 0.143. The Bertz CT molecular complexity index is 721. The van der Waals surface area contributed by atoms with E-state index in [4.69, 9.17) is 16.0 Å². The van der Waals surface area contributed by atoms with Crippen LogP contribution in [-0.4, -0.2) is 7.05 Å². The summed E-state index contributed by atoms with van der Waals surface area (Å²) in [7, 11) is 1.93. The fourth-order valence-electron chi connectivity index (χ4n) is 2.09. The van der Waals surface area contributed by atoms with Crippen molar-refractivity contribution in [3.8, 4) is 0 Å². The summed E-state index contributed by atoms with van der Waals surface area (Å²) in [5.74, 6) is 0.897. The highest BCUT2D eigenvalue weighted by molar-refractivity contribution is 9.11. The molecule has 1 aromatic carbocycles. The van der Waals surface area contributed by atoms with Crippen molar-refractivity contribution in [2.45, 2.75) is 6.04 Å². The van der Waals surface area contributed by atoms with Gasteiger partial charge in [0.2, 0.25) is 0 Å². The van der Waals surface area contributed by atoms with Crippen LogP contribution in [0.1, 0.15) is 16.7 Å². The van der Waals surface area contributed by atoms with Gasteiger partial charge in [-0.25, -0.2) is 0 Å². The van der Waals surface area contributed by atoms with Crippen LogP contribution in [0.25, 0.3) is 11.0 Å². The molecule has 3 rings (SSSR count). The predicted octanol–water partition coefficient (Wildman–Crippen LogP) is 5.22. The molecule has 2 nitrogen and oxygen atoms in total. The van der Waals surface area contributed by atoms with Crippen molar-refractivity contribution in [3.05, 3.63) is 55.8 Å². The van der Waals surface area contributed by atoms with Crippen LogP contribution < -0.4 is 5.32 Å². The Kier molecular flexibility index (Phi) is 3.67. The van der Waals surface area contributed by atoms with Crippen molar-refractivity contribution < 1.29 is 4.42 Å². The molecule has 0 amide bonds. The smallest absolute Gasteiger partial charge is 0.134 e. The maximum Gasteiger partial charge on any atom is 0.134 e. The first-order valence-corrected chi connectivity index (χ1v) is 7.77. The van der Waals surface area contributed by atoms with E-state index in [0.29, 0.717) is 0 Å². The summed E-state index contributed by atoms with van der Waals surface area (Å²) in [5, 5.41) is 5.03. The molecule has 2 aromatic heterocycles. The Labute approximate surface area is 128 Å². The van der Waals surface area contributed by atoms with Gasteiger partial charge in [-0.3, -0.25) is 0 Å². The average Bonchev–Trinajstić information content (AvgIpc) is 2.96.